The number of nitrogens with zero attached hydrogens (tertiary/aromatic N) is 1. The quantitative estimate of drug-likeness (QED) is 0.826. The topological polar surface area (TPSA) is 49.4 Å². The van der Waals surface area contributed by atoms with Gasteiger partial charge in [-0.2, -0.15) is 0 Å². The van der Waals surface area contributed by atoms with Crippen LogP contribution < -0.4 is 5.32 Å². The highest BCUT2D eigenvalue weighted by atomic mass is 32.1. The summed E-state index contributed by atoms with van der Waals surface area (Å²) in [6.45, 7) is 2.06. The van der Waals surface area contributed by atoms with E-state index in [2.05, 4.69) is 5.32 Å². The van der Waals surface area contributed by atoms with Gasteiger partial charge in [0, 0.05) is 23.7 Å². The molecule has 120 valence electrons. The van der Waals surface area contributed by atoms with E-state index in [1.165, 1.54) is 11.0 Å². The van der Waals surface area contributed by atoms with Crippen molar-refractivity contribution in [1.29, 1.82) is 0 Å². The highest BCUT2D eigenvalue weighted by Crippen LogP contribution is 2.15. The molecule has 0 fully saturated rings. The number of anilines is 1. The van der Waals surface area contributed by atoms with Crippen molar-refractivity contribution >= 4 is 34.9 Å². The second-order valence-electron chi connectivity index (χ2n) is 5.10. The van der Waals surface area contributed by atoms with Gasteiger partial charge in [-0.3, -0.25) is 9.59 Å². The third-order valence-electron chi connectivity index (χ3n) is 3.36. The van der Waals surface area contributed by atoms with Crippen molar-refractivity contribution in [2.24, 2.45) is 0 Å². The monoisotopic (exact) mass is 328 g/mol. The van der Waals surface area contributed by atoms with Crippen LogP contribution in [0.1, 0.15) is 17.4 Å². The third-order valence-corrected chi connectivity index (χ3v) is 4.20. The van der Waals surface area contributed by atoms with Crippen LogP contribution in [0.25, 0.3) is 6.08 Å². The number of aryl methyl sites for hydroxylation is 1. The van der Waals surface area contributed by atoms with E-state index in [4.69, 9.17) is 0 Å². The summed E-state index contributed by atoms with van der Waals surface area (Å²) in [5, 5.41) is 4.81. The summed E-state index contributed by atoms with van der Waals surface area (Å²) in [6.07, 6.45) is 4.08. The normalized spacial score (nSPS) is 10.7. The number of amides is 2. The molecule has 0 spiro atoms. The van der Waals surface area contributed by atoms with Crippen molar-refractivity contribution in [2.75, 3.05) is 18.9 Å². The van der Waals surface area contributed by atoms with Crippen molar-refractivity contribution in [1.82, 2.24) is 4.90 Å². The summed E-state index contributed by atoms with van der Waals surface area (Å²) in [6, 6.07) is 11.5. The highest BCUT2D eigenvalue weighted by molar-refractivity contribution is 7.10. The molecule has 0 aliphatic rings. The molecule has 2 aromatic rings. The molecule has 0 bridgehead atoms. The Morgan fingerprint density at radius 1 is 1.22 bits per heavy atom. The maximum Gasteiger partial charge on any atom is 0.246 e. The predicted molar refractivity (Wildman–Crippen MR) is 95.4 cm³/mol. The van der Waals surface area contributed by atoms with Crippen LogP contribution in [0.2, 0.25) is 0 Å². The maximum absolute atomic E-state index is 12.1. The van der Waals surface area contributed by atoms with Crippen LogP contribution in [-0.2, 0) is 16.0 Å². The molecule has 2 rings (SSSR count). The van der Waals surface area contributed by atoms with Crippen LogP contribution in [0.4, 0.5) is 5.69 Å². The van der Waals surface area contributed by atoms with Crippen LogP contribution >= 0.6 is 11.3 Å². The molecule has 0 aliphatic carbocycles. The lowest BCUT2D eigenvalue weighted by Crippen LogP contribution is -2.34. The minimum Gasteiger partial charge on any atom is -0.333 e. The molecule has 5 heteroatoms. The number of para-hydroxylation sites is 1. The second kappa shape index (κ2) is 8.29. The van der Waals surface area contributed by atoms with Crippen molar-refractivity contribution < 1.29 is 9.59 Å². The first-order chi connectivity index (χ1) is 11.1. The third kappa shape index (κ3) is 5.07. The molecule has 4 nitrogen and oxygen atoms in total. The van der Waals surface area contributed by atoms with Crippen LogP contribution in [0, 0.1) is 0 Å². The first kappa shape index (κ1) is 17.0. The van der Waals surface area contributed by atoms with Gasteiger partial charge in [-0.05, 0) is 35.6 Å². The molecular weight excluding hydrogens is 308 g/mol. The molecule has 0 atom stereocenters. The number of nitrogens with one attached hydrogen (secondary N) is 1. The molecule has 1 N–H and O–H groups in total. The maximum atomic E-state index is 12.1. The van der Waals surface area contributed by atoms with Gasteiger partial charge in [0.1, 0.15) is 0 Å². The summed E-state index contributed by atoms with van der Waals surface area (Å²) in [4.78, 5) is 26.5. The van der Waals surface area contributed by atoms with Crippen LogP contribution in [0.3, 0.4) is 0 Å². The number of likely N-dealkylation sites (N-methyl/N-ethyl adjacent to an activating group) is 1. The van der Waals surface area contributed by atoms with E-state index < -0.39 is 0 Å². The van der Waals surface area contributed by atoms with Gasteiger partial charge in [0.25, 0.3) is 0 Å². The molecule has 1 heterocycles. The summed E-state index contributed by atoms with van der Waals surface area (Å²) < 4.78 is 0. The molecule has 0 saturated carbocycles. The fraction of sp³-hybridized carbons (Fsp3) is 0.222. The SMILES string of the molecule is CCc1ccccc1NC(=O)CN(C)C(=O)/C=C/c1cccs1. The van der Waals surface area contributed by atoms with E-state index in [9.17, 15) is 9.59 Å². The fourth-order valence-corrected chi connectivity index (χ4v) is 2.72. The molecule has 1 aromatic carbocycles. The van der Waals surface area contributed by atoms with E-state index in [0.29, 0.717) is 0 Å². The van der Waals surface area contributed by atoms with Crippen LogP contribution in [0.15, 0.2) is 47.9 Å². The Morgan fingerprint density at radius 2 is 2.00 bits per heavy atom. The van der Waals surface area contributed by atoms with Crippen molar-refractivity contribution in [3.63, 3.8) is 0 Å². The zero-order valence-corrected chi connectivity index (χ0v) is 14.1. The van der Waals surface area contributed by atoms with Crippen molar-refractivity contribution in [2.45, 2.75) is 13.3 Å². The number of hydrogen-bond acceptors (Lipinski definition) is 3. The van der Waals surface area contributed by atoms with E-state index in [1.54, 1.807) is 24.5 Å². The van der Waals surface area contributed by atoms with Gasteiger partial charge < -0.3 is 10.2 Å². The van der Waals surface area contributed by atoms with E-state index in [0.717, 1.165) is 22.5 Å². The van der Waals surface area contributed by atoms with E-state index in [1.807, 2.05) is 48.7 Å². The second-order valence-corrected chi connectivity index (χ2v) is 6.08. The molecule has 0 saturated heterocycles. The smallest absolute Gasteiger partial charge is 0.246 e. The van der Waals surface area contributed by atoms with Gasteiger partial charge in [0.05, 0.1) is 6.54 Å². The molecule has 0 unspecified atom stereocenters. The average molecular weight is 328 g/mol. The molecule has 2 amide bonds. The van der Waals surface area contributed by atoms with Gasteiger partial charge in [-0.1, -0.05) is 31.2 Å². The van der Waals surface area contributed by atoms with Gasteiger partial charge in [-0.25, -0.2) is 0 Å². The van der Waals surface area contributed by atoms with Gasteiger partial charge in [0.2, 0.25) is 11.8 Å². The highest BCUT2D eigenvalue weighted by Gasteiger charge is 2.11. The van der Waals surface area contributed by atoms with E-state index >= 15 is 0 Å². The van der Waals surface area contributed by atoms with E-state index in [-0.39, 0.29) is 18.4 Å². The lowest BCUT2D eigenvalue weighted by atomic mass is 10.1. The lowest BCUT2D eigenvalue weighted by Gasteiger charge is -2.16. The Bertz CT molecular complexity index is 693. The summed E-state index contributed by atoms with van der Waals surface area (Å²) in [5.41, 5.74) is 1.88. The standard InChI is InChI=1S/C18H20N2O2S/c1-3-14-7-4-5-9-16(14)19-17(21)13-20(2)18(22)11-10-15-8-6-12-23-15/h4-12H,3,13H2,1-2H3,(H,19,21)/b11-10+. The first-order valence-corrected chi connectivity index (χ1v) is 8.32. The molecular formula is C18H20N2O2S. The summed E-state index contributed by atoms with van der Waals surface area (Å²) in [7, 11) is 1.62. The number of thiophene rings is 1. The average Bonchev–Trinajstić information content (AvgIpc) is 3.06. The van der Waals surface area contributed by atoms with Crippen LogP contribution in [-0.4, -0.2) is 30.3 Å². The van der Waals surface area contributed by atoms with Crippen molar-refractivity contribution in [3.8, 4) is 0 Å². The van der Waals surface area contributed by atoms with Gasteiger partial charge in [-0.15, -0.1) is 11.3 Å². The summed E-state index contributed by atoms with van der Waals surface area (Å²) >= 11 is 1.56. The summed E-state index contributed by atoms with van der Waals surface area (Å²) in [5.74, 6) is -0.399. The fourth-order valence-electron chi connectivity index (χ4n) is 2.10. The Hall–Kier alpha value is -2.40. The zero-order chi connectivity index (χ0) is 16.7. The van der Waals surface area contributed by atoms with Gasteiger partial charge >= 0.3 is 0 Å². The molecule has 0 aliphatic heterocycles. The Balaban J connectivity index is 1.90. The van der Waals surface area contributed by atoms with Crippen molar-refractivity contribution in [3.05, 3.63) is 58.3 Å². The number of carbonyl (C=O) groups excluding carboxylic acids is 2. The Kier molecular flexibility index (Phi) is 6.11. The predicted octanol–water partition coefficient (Wildman–Crippen LogP) is 3.42. The zero-order valence-electron chi connectivity index (χ0n) is 13.3. The molecule has 1 aromatic heterocycles. The Labute approximate surface area is 140 Å². The van der Waals surface area contributed by atoms with Gasteiger partial charge in [0.15, 0.2) is 0 Å². The number of benzene rings is 1. The number of hydrogen-bond donors (Lipinski definition) is 1. The lowest BCUT2D eigenvalue weighted by molar-refractivity contribution is -0.129. The minimum atomic E-state index is -0.203. The first-order valence-electron chi connectivity index (χ1n) is 7.44. The van der Waals surface area contributed by atoms with Crippen LogP contribution in [0.5, 0.6) is 0 Å². The number of carbonyl (C=O) groups is 2. The molecule has 23 heavy (non-hydrogen) atoms. The minimum absolute atomic E-state index is 0.0195. The number of rotatable bonds is 6. The largest absolute Gasteiger partial charge is 0.333 e. The molecule has 0 radical (unpaired) electrons. The Morgan fingerprint density at radius 3 is 2.70 bits per heavy atom.